The van der Waals surface area contributed by atoms with E-state index in [1.165, 1.54) is 24.8 Å². The van der Waals surface area contributed by atoms with Gasteiger partial charge >= 0.3 is 0 Å². The van der Waals surface area contributed by atoms with Crippen LogP contribution in [0.3, 0.4) is 0 Å². The maximum absolute atomic E-state index is 5.63. The van der Waals surface area contributed by atoms with Crippen LogP contribution < -0.4 is 5.73 Å². The second-order valence-corrected chi connectivity index (χ2v) is 8.41. The Morgan fingerprint density at radius 3 is 2.57 bits per heavy atom. The predicted octanol–water partition coefficient (Wildman–Crippen LogP) is 4.93. The molecule has 148 valence electrons. The van der Waals surface area contributed by atoms with Gasteiger partial charge in [-0.25, -0.2) is 19.5 Å². The van der Waals surface area contributed by atoms with E-state index in [0.29, 0.717) is 0 Å². The van der Waals surface area contributed by atoms with Crippen LogP contribution in [0.15, 0.2) is 46.3 Å². The lowest BCUT2D eigenvalue weighted by atomic mass is 9.72. The molecule has 4 rings (SSSR count). The molecule has 2 aromatic heterocycles. The Kier molecular flexibility index (Phi) is 5.77. The predicted molar refractivity (Wildman–Crippen MR) is 118 cm³/mol. The zero-order valence-corrected chi connectivity index (χ0v) is 17.5. The monoisotopic (exact) mass is 378 g/mol. The molecule has 0 radical (unpaired) electrons. The lowest BCUT2D eigenvalue weighted by Gasteiger charge is -2.33. The van der Waals surface area contributed by atoms with Gasteiger partial charge in [0, 0.05) is 24.2 Å². The van der Waals surface area contributed by atoms with Gasteiger partial charge in [-0.1, -0.05) is 33.3 Å². The van der Waals surface area contributed by atoms with Crippen molar-refractivity contribution in [1.29, 1.82) is 0 Å². The van der Waals surface area contributed by atoms with Crippen molar-refractivity contribution in [1.82, 2.24) is 14.6 Å². The number of aliphatic imine (C=N–C) groups is 2. The first kappa shape index (κ1) is 20.0. The first-order valence-corrected chi connectivity index (χ1v) is 9.82. The van der Waals surface area contributed by atoms with Gasteiger partial charge in [0.15, 0.2) is 0 Å². The van der Waals surface area contributed by atoms with Crippen LogP contribution in [0.1, 0.15) is 59.4 Å². The van der Waals surface area contributed by atoms with Gasteiger partial charge in [0.25, 0.3) is 0 Å². The molecule has 2 aromatic rings. The van der Waals surface area contributed by atoms with E-state index >= 15 is 0 Å². The molecule has 2 aliphatic rings. The number of amidine groups is 1. The Labute approximate surface area is 167 Å². The van der Waals surface area contributed by atoms with Crippen molar-refractivity contribution in [2.75, 3.05) is 5.73 Å². The summed E-state index contributed by atoms with van der Waals surface area (Å²) in [5, 5.41) is 4.18. The lowest BCUT2D eigenvalue weighted by Crippen LogP contribution is -2.20. The third kappa shape index (κ3) is 4.74. The van der Waals surface area contributed by atoms with Gasteiger partial charge in [-0.05, 0) is 55.2 Å². The average Bonchev–Trinajstić information content (AvgIpc) is 3.06. The Morgan fingerprint density at radius 1 is 1.21 bits per heavy atom. The van der Waals surface area contributed by atoms with Gasteiger partial charge in [0.1, 0.15) is 5.84 Å². The van der Waals surface area contributed by atoms with Crippen molar-refractivity contribution in [3.63, 3.8) is 0 Å². The van der Waals surface area contributed by atoms with Gasteiger partial charge in [0.05, 0.1) is 11.7 Å². The van der Waals surface area contributed by atoms with Crippen LogP contribution in [0.4, 0.5) is 5.95 Å². The summed E-state index contributed by atoms with van der Waals surface area (Å²) in [6.07, 6.45) is 13.9. The molecule has 2 N–H and O–H groups in total. The van der Waals surface area contributed by atoms with Crippen LogP contribution >= 0.6 is 0 Å². The van der Waals surface area contributed by atoms with Crippen LogP contribution in [0, 0.1) is 11.3 Å². The zero-order chi connectivity index (χ0) is 20.3. The van der Waals surface area contributed by atoms with E-state index < -0.39 is 0 Å². The van der Waals surface area contributed by atoms with E-state index in [9.17, 15) is 0 Å². The number of nitrogen functional groups attached to an aromatic ring is 1. The van der Waals surface area contributed by atoms with E-state index in [1.54, 1.807) is 10.7 Å². The van der Waals surface area contributed by atoms with Crippen LogP contribution in [0.5, 0.6) is 0 Å². The molecule has 0 saturated heterocycles. The molecule has 3 heterocycles. The number of fused-ring (bicyclic) bond motifs is 1. The maximum Gasteiger partial charge on any atom is 0.238 e. The standard InChI is InChI=1S/C16H18N6.C6H12/c1-10-6-13(8-19-12(3)18-7-11(10)2)14-4-5-22-15(14)9-20-16(17)21-22;1-6(2)4-3-5-6/h4-10H,1-3H3,(H2,17,21);3-5H2,1-2H3/b11-7-,13-6+,18-12?,19-8?;/t10-;/m1./s1. The quantitative estimate of drug-likeness (QED) is 0.763. The Bertz CT molecular complexity index is 968. The molecule has 28 heavy (non-hydrogen) atoms. The van der Waals surface area contributed by atoms with Gasteiger partial charge in [-0.2, -0.15) is 0 Å². The fourth-order valence-corrected chi connectivity index (χ4v) is 3.15. The van der Waals surface area contributed by atoms with E-state index in [4.69, 9.17) is 5.73 Å². The molecule has 1 atom stereocenters. The molecular weight excluding hydrogens is 348 g/mol. The molecule has 0 spiro atoms. The van der Waals surface area contributed by atoms with Crippen LogP contribution in [0.25, 0.3) is 11.1 Å². The normalized spacial score (nSPS) is 24.9. The molecular formula is C22H30N6. The van der Waals surface area contributed by atoms with E-state index in [2.05, 4.69) is 53.8 Å². The van der Waals surface area contributed by atoms with Crippen LogP contribution in [-0.2, 0) is 0 Å². The topological polar surface area (TPSA) is 80.9 Å². The minimum Gasteiger partial charge on any atom is -0.367 e. The van der Waals surface area contributed by atoms with Crippen molar-refractivity contribution >= 4 is 29.1 Å². The molecule has 6 nitrogen and oxygen atoms in total. The molecule has 1 fully saturated rings. The van der Waals surface area contributed by atoms with Gasteiger partial charge in [-0.15, -0.1) is 5.10 Å². The van der Waals surface area contributed by atoms with Gasteiger partial charge < -0.3 is 5.73 Å². The molecule has 1 saturated carbocycles. The van der Waals surface area contributed by atoms with Crippen LogP contribution in [-0.4, -0.2) is 26.6 Å². The average molecular weight is 379 g/mol. The number of anilines is 1. The molecule has 1 aliphatic heterocycles. The summed E-state index contributed by atoms with van der Waals surface area (Å²) in [6.45, 7) is 10.8. The van der Waals surface area contributed by atoms with E-state index in [-0.39, 0.29) is 11.9 Å². The summed E-state index contributed by atoms with van der Waals surface area (Å²) in [5.41, 5.74) is 10.5. The summed E-state index contributed by atoms with van der Waals surface area (Å²) in [7, 11) is 0. The number of nitrogens with zero attached hydrogens (tertiary/aromatic N) is 5. The Balaban J connectivity index is 0.000000320. The molecule has 6 heteroatoms. The summed E-state index contributed by atoms with van der Waals surface area (Å²) in [5.74, 6) is 1.24. The fourth-order valence-electron chi connectivity index (χ4n) is 3.15. The summed E-state index contributed by atoms with van der Waals surface area (Å²) >= 11 is 0. The number of hydrogen-bond acceptors (Lipinski definition) is 5. The highest BCUT2D eigenvalue weighted by molar-refractivity contribution is 6.15. The minimum absolute atomic E-state index is 0.252. The number of nitrogens with two attached hydrogens (primary N) is 1. The third-order valence-electron chi connectivity index (χ3n) is 5.45. The highest BCUT2D eigenvalue weighted by atomic mass is 15.3. The van der Waals surface area contributed by atoms with Crippen molar-refractivity contribution in [3.05, 3.63) is 41.9 Å². The second kappa shape index (κ2) is 8.09. The van der Waals surface area contributed by atoms with E-state index in [0.717, 1.165) is 27.9 Å². The summed E-state index contributed by atoms with van der Waals surface area (Å²) < 4.78 is 1.73. The highest BCUT2D eigenvalue weighted by Crippen LogP contribution is 2.38. The molecule has 0 amide bonds. The van der Waals surface area contributed by atoms with Crippen LogP contribution in [0.2, 0.25) is 0 Å². The van der Waals surface area contributed by atoms with Crippen molar-refractivity contribution < 1.29 is 0 Å². The molecule has 0 aromatic carbocycles. The third-order valence-corrected chi connectivity index (χ3v) is 5.45. The van der Waals surface area contributed by atoms with E-state index in [1.807, 2.05) is 31.6 Å². The second-order valence-electron chi connectivity index (χ2n) is 8.41. The molecule has 1 aliphatic carbocycles. The van der Waals surface area contributed by atoms with Crippen molar-refractivity contribution in [2.24, 2.45) is 21.3 Å². The Morgan fingerprint density at radius 2 is 1.93 bits per heavy atom. The number of aromatic nitrogens is 3. The fraction of sp³-hybridized carbons (Fsp3) is 0.455. The number of allylic oxidation sites excluding steroid dienone is 3. The smallest absolute Gasteiger partial charge is 0.238 e. The lowest BCUT2D eigenvalue weighted by molar-refractivity contribution is 0.190. The summed E-state index contributed by atoms with van der Waals surface area (Å²) in [6, 6.07) is 2.00. The first-order chi connectivity index (χ1) is 13.2. The van der Waals surface area contributed by atoms with Crippen molar-refractivity contribution in [2.45, 2.75) is 53.9 Å². The SMILES string of the molecule is CC1(C)CCC1.CC1=N/C=C(/C)[C@H](C)/C=C(/c2ccn3nc(N)ncc23)C=N1. The zero-order valence-electron chi connectivity index (χ0n) is 17.5. The number of hydrogen-bond donors (Lipinski definition) is 1. The summed E-state index contributed by atoms with van der Waals surface area (Å²) in [4.78, 5) is 12.8. The number of rotatable bonds is 1. The Hall–Kier alpha value is -2.76. The minimum atomic E-state index is 0.252. The van der Waals surface area contributed by atoms with Gasteiger partial charge in [0.2, 0.25) is 5.95 Å². The maximum atomic E-state index is 5.63. The van der Waals surface area contributed by atoms with Crippen molar-refractivity contribution in [3.8, 4) is 0 Å². The van der Waals surface area contributed by atoms with Gasteiger partial charge in [-0.3, -0.25) is 0 Å². The first-order valence-electron chi connectivity index (χ1n) is 9.82. The highest BCUT2D eigenvalue weighted by Gasteiger charge is 2.25. The molecule has 0 bridgehead atoms. The largest absolute Gasteiger partial charge is 0.367 e. The molecule has 0 unspecified atom stereocenters.